The molecule has 5 aromatic rings. The van der Waals surface area contributed by atoms with Crippen molar-refractivity contribution >= 4 is 0 Å². The summed E-state index contributed by atoms with van der Waals surface area (Å²) in [4.78, 5) is 0. The molecule has 2 nitrogen and oxygen atoms in total. The highest BCUT2D eigenvalue weighted by molar-refractivity contribution is 5.72. The summed E-state index contributed by atoms with van der Waals surface area (Å²) in [5.74, 6) is -9.50. The lowest BCUT2D eigenvalue weighted by Crippen LogP contribution is -2.33. The molecule has 0 aromatic heterocycles. The first-order valence-electron chi connectivity index (χ1n) is 15.5. The Balaban J connectivity index is 1.33. The molecule has 0 aliphatic rings. The molecule has 0 heterocycles. The van der Waals surface area contributed by atoms with E-state index in [-0.39, 0.29) is 16.7 Å². The second kappa shape index (κ2) is 15.0. The molecule has 0 saturated heterocycles. The number of alkyl halides is 6. The van der Waals surface area contributed by atoms with Gasteiger partial charge in [0.25, 0.3) is 0 Å². The van der Waals surface area contributed by atoms with E-state index in [9.17, 15) is 26.3 Å². The van der Waals surface area contributed by atoms with Crippen LogP contribution in [0.2, 0.25) is 0 Å². The Labute approximate surface area is 285 Å². The number of benzene rings is 5. The first-order chi connectivity index (χ1) is 24.1. The van der Waals surface area contributed by atoms with Gasteiger partial charge in [-0.15, -0.1) is 0 Å². The average Bonchev–Trinajstić information content (AvgIpc) is 3.05. The molecule has 0 unspecified atom stereocenters. The van der Waals surface area contributed by atoms with Crippen LogP contribution in [0.15, 0.2) is 91.0 Å². The molecule has 0 bridgehead atoms. The maximum absolute atomic E-state index is 15.2. The summed E-state index contributed by atoms with van der Waals surface area (Å²) in [5, 5.41) is 0. The van der Waals surface area contributed by atoms with Gasteiger partial charge in [0.15, 0.2) is 11.6 Å². The quantitative estimate of drug-likeness (QED) is 0.0889. The van der Waals surface area contributed by atoms with Crippen molar-refractivity contribution in [2.75, 3.05) is 0 Å². The maximum Gasteiger partial charge on any atom is 0.461 e. The van der Waals surface area contributed by atoms with Crippen LogP contribution in [0.3, 0.4) is 0 Å². The molecule has 0 saturated carbocycles. The molecule has 13 heteroatoms. The third-order valence-corrected chi connectivity index (χ3v) is 7.90. The molecular weight excluding hydrogens is 697 g/mol. The van der Waals surface area contributed by atoms with Gasteiger partial charge < -0.3 is 9.47 Å². The van der Waals surface area contributed by atoms with Gasteiger partial charge in [0.1, 0.15) is 34.6 Å². The van der Waals surface area contributed by atoms with E-state index in [1.807, 2.05) is 24.3 Å². The summed E-state index contributed by atoms with van der Waals surface area (Å²) in [6.45, 7) is 2.10. The first kappa shape index (κ1) is 37.2. The van der Waals surface area contributed by atoms with Gasteiger partial charge in [-0.3, -0.25) is 0 Å². The van der Waals surface area contributed by atoms with Crippen molar-refractivity contribution in [2.24, 2.45) is 0 Å². The monoisotopic (exact) mass is 724 g/mol. The molecule has 0 spiro atoms. The smallest absolute Gasteiger partial charge is 0.429 e. The van der Waals surface area contributed by atoms with Crippen LogP contribution in [0.25, 0.3) is 33.4 Å². The molecule has 5 rings (SSSR count). The minimum atomic E-state index is -5.01. The molecular formula is C38H27F11O2. The van der Waals surface area contributed by atoms with Crippen molar-refractivity contribution in [1.29, 1.82) is 0 Å². The van der Waals surface area contributed by atoms with Gasteiger partial charge in [0, 0.05) is 17.2 Å². The zero-order chi connectivity index (χ0) is 37.1. The van der Waals surface area contributed by atoms with E-state index >= 15 is 22.0 Å². The Bertz CT molecular complexity index is 1990. The fraction of sp³-hybridized carbons (Fsp3) is 0.211. The van der Waals surface area contributed by atoms with Crippen molar-refractivity contribution in [3.05, 3.63) is 131 Å². The van der Waals surface area contributed by atoms with Gasteiger partial charge in [0.05, 0.1) is 0 Å². The Kier molecular flexibility index (Phi) is 11.0. The van der Waals surface area contributed by atoms with Crippen molar-refractivity contribution in [2.45, 2.75) is 51.2 Å². The van der Waals surface area contributed by atoms with E-state index in [0.29, 0.717) is 41.5 Å². The first-order valence-corrected chi connectivity index (χ1v) is 15.5. The van der Waals surface area contributed by atoms with Crippen molar-refractivity contribution in [1.82, 2.24) is 0 Å². The summed E-state index contributed by atoms with van der Waals surface area (Å²) in [6.07, 6.45) is -9.87. The lowest BCUT2D eigenvalue weighted by Gasteiger charge is -2.20. The van der Waals surface area contributed by atoms with Crippen LogP contribution in [-0.4, -0.2) is 12.5 Å². The zero-order valence-electron chi connectivity index (χ0n) is 26.5. The van der Waals surface area contributed by atoms with Crippen LogP contribution >= 0.6 is 0 Å². The van der Waals surface area contributed by atoms with Crippen LogP contribution in [0.4, 0.5) is 48.3 Å². The van der Waals surface area contributed by atoms with Crippen LogP contribution in [0, 0.1) is 29.1 Å². The normalized spacial score (nSPS) is 12.0. The number of aryl methyl sites for hydroxylation is 1. The fourth-order valence-electron chi connectivity index (χ4n) is 5.31. The van der Waals surface area contributed by atoms with Crippen molar-refractivity contribution in [3.8, 4) is 44.9 Å². The molecule has 0 fully saturated rings. The zero-order valence-corrected chi connectivity index (χ0v) is 26.5. The number of halogens is 11. The Morgan fingerprint density at radius 3 is 1.69 bits per heavy atom. The lowest BCUT2D eigenvalue weighted by atomic mass is 9.97. The van der Waals surface area contributed by atoms with E-state index in [1.165, 1.54) is 12.1 Å². The number of hydrogen-bond donors (Lipinski definition) is 0. The molecule has 0 aliphatic heterocycles. The molecule has 0 aliphatic carbocycles. The largest absolute Gasteiger partial charge is 0.461 e. The second-order valence-corrected chi connectivity index (χ2v) is 11.5. The van der Waals surface area contributed by atoms with Crippen LogP contribution in [0.5, 0.6) is 11.5 Å². The summed E-state index contributed by atoms with van der Waals surface area (Å²) >= 11 is 0. The van der Waals surface area contributed by atoms with Crippen LogP contribution < -0.4 is 9.47 Å². The van der Waals surface area contributed by atoms with E-state index in [1.54, 1.807) is 0 Å². The fourth-order valence-corrected chi connectivity index (χ4v) is 5.31. The average molecular weight is 725 g/mol. The predicted octanol–water partition coefficient (Wildman–Crippen LogP) is 12.5. The lowest BCUT2D eigenvalue weighted by molar-refractivity contribution is -0.254. The Morgan fingerprint density at radius 1 is 0.549 bits per heavy atom. The summed E-state index contributed by atoms with van der Waals surface area (Å²) < 4.78 is 164. The number of unbranched alkanes of at least 4 members (excludes halogenated alkanes) is 2. The molecule has 0 amide bonds. The van der Waals surface area contributed by atoms with Gasteiger partial charge in [-0.1, -0.05) is 62.2 Å². The van der Waals surface area contributed by atoms with Crippen molar-refractivity contribution in [3.63, 3.8) is 0 Å². The highest BCUT2D eigenvalue weighted by Crippen LogP contribution is 2.39. The Hall–Kier alpha value is -5.07. The number of rotatable bonds is 13. The van der Waals surface area contributed by atoms with Gasteiger partial charge in [-0.05, 0) is 83.1 Å². The SMILES string of the molecule is CCCCCc1ccc(-c2ccc(-c3cc(F)c(C(F)(F)Oc4ccc(-c5ccc(OC(F)(F)C(F)F)c(F)c5)c(F)c4)c(F)c3)c(F)c2)cc1. The highest BCUT2D eigenvalue weighted by Gasteiger charge is 2.45. The maximum atomic E-state index is 15.2. The standard InChI is InChI=1S/C38H27F11O2/c1-2-3-4-5-21-6-8-22(9-7-21)23-10-13-28(29(39)16-23)25-18-32(42)35(33(43)19-25)37(46,47)50-26-12-14-27(30(40)20-26)24-11-15-34(31(41)17-24)51-38(48,49)36(44)45/h6-20,36H,2-5H2,1H3. The number of ether oxygens (including phenoxy) is 2. The van der Waals surface area contributed by atoms with E-state index in [2.05, 4.69) is 16.4 Å². The summed E-state index contributed by atoms with van der Waals surface area (Å²) in [7, 11) is 0. The molecule has 51 heavy (non-hydrogen) atoms. The predicted molar refractivity (Wildman–Crippen MR) is 168 cm³/mol. The van der Waals surface area contributed by atoms with E-state index < -0.39 is 70.4 Å². The van der Waals surface area contributed by atoms with Crippen LogP contribution in [-0.2, 0) is 12.5 Å². The van der Waals surface area contributed by atoms with E-state index in [0.717, 1.165) is 55.5 Å². The van der Waals surface area contributed by atoms with Gasteiger partial charge in [-0.2, -0.15) is 26.3 Å². The van der Waals surface area contributed by atoms with Gasteiger partial charge in [0.2, 0.25) is 0 Å². The minimum Gasteiger partial charge on any atom is -0.429 e. The Morgan fingerprint density at radius 2 is 1.10 bits per heavy atom. The molecule has 0 radical (unpaired) electrons. The summed E-state index contributed by atoms with van der Waals surface area (Å²) in [5.41, 5.74) is -0.980. The molecule has 5 aromatic carbocycles. The summed E-state index contributed by atoms with van der Waals surface area (Å²) in [6, 6.07) is 16.2. The molecule has 268 valence electrons. The second-order valence-electron chi connectivity index (χ2n) is 11.5. The third kappa shape index (κ3) is 8.46. The van der Waals surface area contributed by atoms with Crippen LogP contribution in [0.1, 0.15) is 37.3 Å². The van der Waals surface area contributed by atoms with E-state index in [4.69, 9.17) is 0 Å². The molecule has 0 N–H and O–H groups in total. The topological polar surface area (TPSA) is 18.5 Å². The third-order valence-electron chi connectivity index (χ3n) is 7.90. The molecule has 0 atom stereocenters. The minimum absolute atomic E-state index is 0.264. The van der Waals surface area contributed by atoms with Gasteiger partial charge >= 0.3 is 18.6 Å². The van der Waals surface area contributed by atoms with Gasteiger partial charge in [-0.25, -0.2) is 22.0 Å². The number of hydrogen-bond acceptors (Lipinski definition) is 2. The highest BCUT2D eigenvalue weighted by atomic mass is 19.3. The van der Waals surface area contributed by atoms with Crippen molar-refractivity contribution < 1.29 is 57.8 Å².